The lowest BCUT2D eigenvalue weighted by molar-refractivity contribution is 0.601. The predicted molar refractivity (Wildman–Crippen MR) is 105 cm³/mol. The molecule has 8 heteroatoms. The number of rotatable bonds is 3. The molecule has 0 aromatic heterocycles. The van der Waals surface area contributed by atoms with Crippen LogP contribution in [-0.2, 0) is 16.4 Å². The van der Waals surface area contributed by atoms with Gasteiger partial charge in [-0.1, -0.05) is 35.5 Å². The van der Waals surface area contributed by atoms with Gasteiger partial charge in [0.1, 0.15) is 5.82 Å². The summed E-state index contributed by atoms with van der Waals surface area (Å²) in [4.78, 5) is 6.65. The first kappa shape index (κ1) is 17.8. The van der Waals surface area contributed by atoms with E-state index in [1.807, 2.05) is 29.2 Å². The Labute approximate surface area is 161 Å². The molecular weight excluding hydrogens is 395 g/mol. The van der Waals surface area contributed by atoms with Crippen molar-refractivity contribution in [1.82, 2.24) is 0 Å². The van der Waals surface area contributed by atoms with Crippen LogP contribution in [0.3, 0.4) is 0 Å². The number of nitrogens with zero attached hydrogens (tertiary/aromatic N) is 2. The Morgan fingerprint density at radius 2 is 1.96 bits per heavy atom. The van der Waals surface area contributed by atoms with Crippen molar-refractivity contribution in [3.8, 4) is 0 Å². The van der Waals surface area contributed by atoms with Crippen molar-refractivity contribution in [2.75, 3.05) is 16.4 Å². The third-order valence-corrected chi connectivity index (χ3v) is 7.89. The van der Waals surface area contributed by atoms with Crippen LogP contribution in [0.25, 0.3) is 0 Å². The van der Waals surface area contributed by atoms with Crippen molar-refractivity contribution in [2.45, 2.75) is 17.8 Å². The molecule has 0 aliphatic carbocycles. The lowest BCUT2D eigenvalue weighted by atomic mass is 10.2. The molecule has 136 valence electrons. The van der Waals surface area contributed by atoms with E-state index in [2.05, 4.69) is 4.99 Å². The van der Waals surface area contributed by atoms with E-state index in [9.17, 15) is 12.8 Å². The molecule has 1 fully saturated rings. The fraction of sp³-hybridized carbons (Fsp3) is 0.278. The molecule has 0 unspecified atom stereocenters. The summed E-state index contributed by atoms with van der Waals surface area (Å²) >= 11 is 7.58. The summed E-state index contributed by atoms with van der Waals surface area (Å²) in [5.74, 6) is -0.0489. The highest BCUT2D eigenvalue weighted by molar-refractivity contribution is 8.15. The Morgan fingerprint density at radius 3 is 2.65 bits per heavy atom. The van der Waals surface area contributed by atoms with Gasteiger partial charge in [-0.3, -0.25) is 4.99 Å². The summed E-state index contributed by atoms with van der Waals surface area (Å²) in [6.45, 7) is 0.518. The van der Waals surface area contributed by atoms with Crippen LogP contribution in [-0.4, -0.2) is 36.4 Å². The fourth-order valence-electron chi connectivity index (χ4n) is 3.18. The van der Waals surface area contributed by atoms with Crippen LogP contribution in [0, 0.1) is 5.82 Å². The predicted octanol–water partition coefficient (Wildman–Crippen LogP) is 3.75. The van der Waals surface area contributed by atoms with Crippen molar-refractivity contribution in [3.05, 3.63) is 64.9 Å². The molecule has 0 spiro atoms. The molecule has 0 N–H and O–H groups in total. The largest absolute Gasteiger partial charge is 0.317 e. The molecule has 2 aliphatic heterocycles. The first-order chi connectivity index (χ1) is 12.4. The van der Waals surface area contributed by atoms with Crippen molar-refractivity contribution in [2.24, 2.45) is 4.99 Å². The average Bonchev–Trinajstić information content (AvgIpc) is 3.07. The molecule has 2 atom stereocenters. The monoisotopic (exact) mass is 410 g/mol. The van der Waals surface area contributed by atoms with Gasteiger partial charge in [-0.2, -0.15) is 0 Å². The minimum absolute atomic E-state index is 0.0442. The Morgan fingerprint density at radius 1 is 1.19 bits per heavy atom. The Balaban J connectivity index is 1.66. The van der Waals surface area contributed by atoms with E-state index in [0.717, 1.165) is 16.4 Å². The number of benzene rings is 2. The highest BCUT2D eigenvalue weighted by Crippen LogP contribution is 2.37. The molecule has 2 aromatic rings. The molecule has 0 radical (unpaired) electrons. The van der Waals surface area contributed by atoms with E-state index in [-0.39, 0.29) is 28.6 Å². The average molecular weight is 411 g/mol. The van der Waals surface area contributed by atoms with Gasteiger partial charge >= 0.3 is 0 Å². The summed E-state index contributed by atoms with van der Waals surface area (Å²) < 4.78 is 37.0. The summed E-state index contributed by atoms with van der Waals surface area (Å²) in [5.41, 5.74) is 1.80. The topological polar surface area (TPSA) is 49.7 Å². The number of fused-ring (bicyclic) bond motifs is 1. The Kier molecular flexibility index (Phi) is 4.71. The zero-order valence-electron chi connectivity index (χ0n) is 13.7. The second-order valence-corrected chi connectivity index (χ2v) is 10.2. The number of anilines is 1. The molecular formula is C18H16ClFN2O2S2. The molecule has 2 heterocycles. The van der Waals surface area contributed by atoms with Crippen molar-refractivity contribution < 1.29 is 12.8 Å². The van der Waals surface area contributed by atoms with Crippen LogP contribution in [0.2, 0.25) is 5.02 Å². The van der Waals surface area contributed by atoms with Crippen LogP contribution in [0.1, 0.15) is 5.56 Å². The summed E-state index contributed by atoms with van der Waals surface area (Å²) in [6, 6.07) is 13.6. The van der Waals surface area contributed by atoms with E-state index >= 15 is 0 Å². The van der Waals surface area contributed by atoms with Crippen LogP contribution in [0.15, 0.2) is 53.5 Å². The third kappa shape index (κ3) is 3.75. The molecule has 2 aliphatic rings. The van der Waals surface area contributed by atoms with Crippen molar-refractivity contribution >= 4 is 44.1 Å². The molecule has 0 saturated carbocycles. The maximum absolute atomic E-state index is 13.3. The highest BCUT2D eigenvalue weighted by atomic mass is 35.5. The maximum atomic E-state index is 13.3. The number of aliphatic imine (C=N–C) groups is 1. The maximum Gasteiger partial charge on any atom is 0.164 e. The summed E-state index contributed by atoms with van der Waals surface area (Å²) in [7, 11) is -3.00. The van der Waals surface area contributed by atoms with Gasteiger partial charge < -0.3 is 4.90 Å². The van der Waals surface area contributed by atoms with E-state index < -0.39 is 9.84 Å². The molecule has 0 bridgehead atoms. The third-order valence-electron chi connectivity index (χ3n) is 4.40. The Bertz CT molecular complexity index is 963. The van der Waals surface area contributed by atoms with Gasteiger partial charge in [-0.15, -0.1) is 0 Å². The number of hydrogen-bond donors (Lipinski definition) is 0. The van der Waals surface area contributed by atoms with Crippen LogP contribution < -0.4 is 4.90 Å². The van der Waals surface area contributed by atoms with Gasteiger partial charge in [0.05, 0.1) is 24.1 Å². The number of sulfone groups is 1. The zero-order valence-corrected chi connectivity index (χ0v) is 16.1. The highest BCUT2D eigenvalue weighted by Gasteiger charge is 2.44. The smallest absolute Gasteiger partial charge is 0.164 e. The van der Waals surface area contributed by atoms with Gasteiger partial charge in [-0.05, 0) is 42.0 Å². The van der Waals surface area contributed by atoms with E-state index in [1.54, 1.807) is 12.1 Å². The van der Waals surface area contributed by atoms with Crippen LogP contribution >= 0.6 is 23.4 Å². The molecule has 4 nitrogen and oxygen atoms in total. The molecule has 1 saturated heterocycles. The number of hydrogen-bond acceptors (Lipinski definition) is 5. The fourth-order valence-corrected chi connectivity index (χ4v) is 7.17. The second-order valence-electron chi connectivity index (χ2n) is 6.40. The molecule has 0 amide bonds. The molecule has 2 aromatic carbocycles. The first-order valence-corrected chi connectivity index (χ1v) is 11.2. The summed E-state index contributed by atoms with van der Waals surface area (Å²) in [5, 5.41) is 1.37. The van der Waals surface area contributed by atoms with Crippen LogP contribution in [0.5, 0.6) is 0 Å². The van der Waals surface area contributed by atoms with Gasteiger partial charge in [-0.25, -0.2) is 12.8 Å². The Hall–Kier alpha value is -1.57. The van der Waals surface area contributed by atoms with Gasteiger partial charge in [0.15, 0.2) is 15.0 Å². The standard InChI is InChI=1S/C18H16ClFN2O2S2/c19-13-3-1-2-12(8-13)9-22(15-6-4-14(20)5-7-15)18-21-16-10-26(23,24)11-17(16)25-18/h1-8,16-17H,9-11H2/t16-,17+/m0/s1. The lowest BCUT2D eigenvalue weighted by Gasteiger charge is -2.25. The summed E-state index contributed by atoms with van der Waals surface area (Å²) in [6.07, 6.45) is 0. The number of amidine groups is 1. The minimum Gasteiger partial charge on any atom is -0.317 e. The van der Waals surface area contributed by atoms with Crippen molar-refractivity contribution in [3.63, 3.8) is 0 Å². The van der Waals surface area contributed by atoms with Gasteiger partial charge in [0.25, 0.3) is 0 Å². The molecule has 26 heavy (non-hydrogen) atoms. The minimum atomic E-state index is -3.00. The zero-order chi connectivity index (χ0) is 18.3. The number of thioether (sulfide) groups is 1. The quantitative estimate of drug-likeness (QED) is 0.773. The number of halogens is 2. The molecule has 4 rings (SSSR count). The van der Waals surface area contributed by atoms with Crippen LogP contribution in [0.4, 0.5) is 10.1 Å². The van der Waals surface area contributed by atoms with E-state index in [4.69, 9.17) is 11.6 Å². The van der Waals surface area contributed by atoms with E-state index in [0.29, 0.717) is 11.6 Å². The normalized spacial score (nSPS) is 23.5. The SMILES string of the molecule is O=S1(=O)C[C@@H]2N=C(N(Cc3cccc(Cl)c3)c3ccc(F)cc3)S[C@@H]2C1. The van der Waals surface area contributed by atoms with E-state index in [1.165, 1.54) is 23.9 Å². The van der Waals surface area contributed by atoms with Crippen molar-refractivity contribution in [1.29, 1.82) is 0 Å². The first-order valence-electron chi connectivity index (χ1n) is 8.12. The lowest BCUT2D eigenvalue weighted by Crippen LogP contribution is -2.28. The van der Waals surface area contributed by atoms with Gasteiger partial charge in [0, 0.05) is 16.0 Å². The van der Waals surface area contributed by atoms with Gasteiger partial charge in [0.2, 0.25) is 0 Å². The second kappa shape index (κ2) is 6.87.